The van der Waals surface area contributed by atoms with Crippen molar-refractivity contribution in [2.24, 2.45) is 0 Å². The lowest BCUT2D eigenvalue weighted by Gasteiger charge is -2.04. The molecular weight excluding hydrogens is 416 g/mol. The van der Waals surface area contributed by atoms with Crippen LogP contribution in [0.1, 0.15) is 117 Å². The predicted molar refractivity (Wildman–Crippen MR) is 133 cm³/mol. The first kappa shape index (κ1) is 29.0. The van der Waals surface area contributed by atoms with Crippen molar-refractivity contribution in [3.8, 4) is 0 Å². The fourth-order valence-electron chi connectivity index (χ4n) is 4.41. The Hall–Kier alpha value is -1.06. The lowest BCUT2D eigenvalue weighted by atomic mass is 10.0. The summed E-state index contributed by atoms with van der Waals surface area (Å²) < 4.78 is 10.6. The lowest BCUT2D eigenvalue weighted by molar-refractivity contribution is -0.710. The third-order valence-corrected chi connectivity index (χ3v) is 6.40. The number of hydrogen-bond acceptors (Lipinski definition) is 1. The molecule has 1 aromatic heterocycles. The molecule has 0 atom stereocenters. The molecule has 0 amide bonds. The van der Waals surface area contributed by atoms with Gasteiger partial charge in [-0.15, -0.1) is 0 Å². The van der Waals surface area contributed by atoms with Gasteiger partial charge >= 0.3 is 0 Å². The Kier molecular flexibility index (Phi) is 17.6. The molecule has 2 aromatic rings. The molecule has 0 N–H and O–H groups in total. The molecule has 0 radical (unpaired) electrons. The van der Waals surface area contributed by atoms with Crippen LogP contribution in [0.25, 0.3) is 11.0 Å². The van der Waals surface area contributed by atoms with E-state index in [4.69, 9.17) is 4.74 Å². The Morgan fingerprint density at radius 3 is 1.81 bits per heavy atom. The average molecular weight is 465 g/mol. The van der Waals surface area contributed by atoms with Crippen molar-refractivity contribution in [1.82, 2.24) is 4.57 Å². The highest BCUT2D eigenvalue weighted by Crippen LogP contribution is 2.14. The van der Waals surface area contributed by atoms with Gasteiger partial charge in [0.25, 0.3) is 0 Å². The first-order valence-corrected chi connectivity index (χ1v) is 13.4. The quantitative estimate of drug-likeness (QED) is 0.195. The van der Waals surface area contributed by atoms with E-state index in [-0.39, 0.29) is 12.4 Å². The second-order valence-corrected chi connectivity index (χ2v) is 9.25. The molecule has 0 fully saturated rings. The van der Waals surface area contributed by atoms with E-state index in [1.54, 1.807) is 0 Å². The second kappa shape index (κ2) is 19.4. The van der Waals surface area contributed by atoms with Crippen molar-refractivity contribution in [3.63, 3.8) is 0 Å². The van der Waals surface area contributed by atoms with E-state index in [2.05, 4.69) is 53.6 Å². The summed E-state index contributed by atoms with van der Waals surface area (Å²) in [4.78, 5) is 0. The molecule has 0 spiro atoms. The molecule has 0 bridgehead atoms. The summed E-state index contributed by atoms with van der Waals surface area (Å²) in [7, 11) is 0. The van der Waals surface area contributed by atoms with Gasteiger partial charge in [0.15, 0.2) is 17.8 Å². The number of fused-ring (bicyclic) bond motifs is 1. The third-order valence-electron chi connectivity index (χ3n) is 6.40. The van der Waals surface area contributed by atoms with Gasteiger partial charge in [0.1, 0.15) is 0 Å². The largest absolute Gasteiger partial charge is 1.00 e. The highest BCUT2D eigenvalue weighted by Gasteiger charge is 2.14. The van der Waals surface area contributed by atoms with E-state index in [0.717, 1.165) is 13.2 Å². The van der Waals surface area contributed by atoms with Crippen molar-refractivity contribution in [2.75, 3.05) is 6.61 Å². The van der Waals surface area contributed by atoms with E-state index in [9.17, 15) is 0 Å². The number of benzene rings is 1. The summed E-state index contributed by atoms with van der Waals surface area (Å²) in [6.45, 7) is 7.17. The molecule has 0 unspecified atom stereocenters. The average Bonchev–Trinajstić information content (AvgIpc) is 3.15. The molecule has 0 saturated heterocycles. The van der Waals surface area contributed by atoms with Gasteiger partial charge in [0.2, 0.25) is 6.33 Å². The smallest absolute Gasteiger partial charge is 0.246 e. The minimum Gasteiger partial charge on any atom is -1.00 e. The van der Waals surface area contributed by atoms with Gasteiger partial charge in [-0.05, 0) is 25.0 Å². The van der Waals surface area contributed by atoms with Crippen molar-refractivity contribution in [2.45, 2.75) is 130 Å². The molecule has 0 aliphatic heterocycles. The Morgan fingerprint density at radius 2 is 1.22 bits per heavy atom. The molecule has 0 aliphatic carbocycles. The summed E-state index contributed by atoms with van der Waals surface area (Å²) in [6, 6.07) is 8.67. The third kappa shape index (κ3) is 11.7. The fraction of sp³-hybridized carbons (Fsp3) is 0.750. The molecule has 184 valence electrons. The zero-order chi connectivity index (χ0) is 22.0. The predicted octanol–water partition coefficient (Wildman–Crippen LogP) is 5.19. The first-order valence-electron chi connectivity index (χ1n) is 13.4. The minimum atomic E-state index is 0. The van der Waals surface area contributed by atoms with Crippen LogP contribution in [0.5, 0.6) is 0 Å². The van der Waals surface area contributed by atoms with Gasteiger partial charge in [-0.25, -0.2) is 9.13 Å². The van der Waals surface area contributed by atoms with Gasteiger partial charge in [0.05, 0.1) is 13.2 Å². The molecule has 1 aromatic carbocycles. The number of unbranched alkanes of at least 4 members (excludes halogenated alkanes) is 14. The van der Waals surface area contributed by atoms with E-state index in [0.29, 0.717) is 6.73 Å². The number of rotatable bonds is 20. The number of para-hydroxylation sites is 2. The minimum absolute atomic E-state index is 0. The number of ether oxygens (including phenoxy) is 1. The highest BCUT2D eigenvalue weighted by atomic mass is 35.5. The SMILES string of the molecule is CCCCCCCCCCCCCCCCOC[n+]1cn(CCCC)c2ccccc21.[Cl-]. The molecule has 32 heavy (non-hydrogen) atoms. The van der Waals surface area contributed by atoms with Crippen LogP contribution >= 0.6 is 0 Å². The van der Waals surface area contributed by atoms with Crippen LogP contribution in [0.3, 0.4) is 0 Å². The number of aromatic nitrogens is 2. The summed E-state index contributed by atoms with van der Waals surface area (Å²) in [5.41, 5.74) is 2.59. The zero-order valence-corrected chi connectivity index (χ0v) is 21.8. The Balaban J connectivity index is 0.00000512. The molecule has 1 heterocycles. The zero-order valence-electron chi connectivity index (χ0n) is 21.0. The van der Waals surface area contributed by atoms with Crippen molar-refractivity contribution < 1.29 is 21.7 Å². The van der Waals surface area contributed by atoms with Crippen molar-refractivity contribution in [1.29, 1.82) is 0 Å². The maximum Gasteiger partial charge on any atom is 0.246 e. The monoisotopic (exact) mass is 464 g/mol. The summed E-state index contributed by atoms with van der Waals surface area (Å²) in [5.74, 6) is 0. The van der Waals surface area contributed by atoms with Crippen LogP contribution in [-0.4, -0.2) is 11.2 Å². The maximum absolute atomic E-state index is 6.00. The van der Waals surface area contributed by atoms with Crippen molar-refractivity contribution in [3.05, 3.63) is 30.6 Å². The molecule has 0 saturated carbocycles. The van der Waals surface area contributed by atoms with Gasteiger partial charge in [-0.3, -0.25) is 0 Å². The fourth-order valence-corrected chi connectivity index (χ4v) is 4.41. The van der Waals surface area contributed by atoms with Crippen LogP contribution in [0.15, 0.2) is 30.6 Å². The Morgan fingerprint density at radius 1 is 0.688 bits per heavy atom. The lowest BCUT2D eigenvalue weighted by Crippen LogP contribution is -3.00. The van der Waals surface area contributed by atoms with Gasteiger partial charge in [-0.2, -0.15) is 0 Å². The Bertz CT molecular complexity index is 685. The summed E-state index contributed by atoms with van der Waals surface area (Å²) >= 11 is 0. The summed E-state index contributed by atoms with van der Waals surface area (Å²) in [5, 5.41) is 0. The number of nitrogens with zero attached hydrogens (tertiary/aromatic N) is 2. The first-order chi connectivity index (χ1) is 15.4. The van der Waals surface area contributed by atoms with E-state index >= 15 is 0 Å². The summed E-state index contributed by atoms with van der Waals surface area (Å²) in [6.07, 6.45) is 24.3. The molecule has 3 nitrogen and oxygen atoms in total. The molecular formula is C28H49ClN2O. The van der Waals surface area contributed by atoms with Crippen LogP contribution in [0.2, 0.25) is 0 Å². The molecule has 4 heteroatoms. The topological polar surface area (TPSA) is 18.0 Å². The van der Waals surface area contributed by atoms with E-state index in [1.807, 2.05) is 0 Å². The second-order valence-electron chi connectivity index (χ2n) is 9.25. The van der Waals surface area contributed by atoms with Gasteiger partial charge in [0, 0.05) is 0 Å². The van der Waals surface area contributed by atoms with E-state index < -0.39 is 0 Å². The van der Waals surface area contributed by atoms with Crippen LogP contribution < -0.4 is 17.0 Å². The number of imidazole rings is 1. The standard InChI is InChI=1S/C28H49N2O.ClH/c1-3-5-7-8-9-10-11-12-13-14-15-16-17-20-24-31-26-30-25-29(23-6-4-2)27-21-18-19-22-28(27)30;/h18-19,21-22,25H,3-17,20,23-24,26H2,1-2H3;1H/q+1;/p-1. The van der Waals surface area contributed by atoms with Gasteiger partial charge in [-0.1, -0.05) is 116 Å². The van der Waals surface area contributed by atoms with Crippen LogP contribution in [0, 0.1) is 0 Å². The number of halogens is 1. The number of aryl methyl sites for hydroxylation is 1. The Labute approximate surface area is 204 Å². The van der Waals surface area contributed by atoms with E-state index in [1.165, 1.54) is 114 Å². The highest BCUT2D eigenvalue weighted by molar-refractivity contribution is 5.71. The molecule has 2 rings (SSSR count). The van der Waals surface area contributed by atoms with Crippen molar-refractivity contribution >= 4 is 11.0 Å². The maximum atomic E-state index is 6.00. The van der Waals surface area contributed by atoms with Gasteiger partial charge < -0.3 is 17.1 Å². The normalized spacial score (nSPS) is 11.2. The number of hydrogen-bond donors (Lipinski definition) is 0. The van der Waals surface area contributed by atoms with Crippen LogP contribution in [-0.2, 0) is 18.0 Å². The molecule has 0 aliphatic rings. The van der Waals surface area contributed by atoms with Crippen LogP contribution in [0.4, 0.5) is 0 Å².